The Morgan fingerprint density at radius 2 is 1.87 bits per heavy atom. The Hall–Kier alpha value is -3.80. The average Bonchev–Trinajstić information content (AvgIpc) is 3.40. The summed E-state index contributed by atoms with van der Waals surface area (Å²) in [5.41, 5.74) is 1.95. The molecule has 1 aliphatic rings. The van der Waals surface area contributed by atoms with Crippen molar-refractivity contribution in [2.45, 2.75) is 26.3 Å². The normalized spacial score (nSPS) is 17.9. The molecule has 6 heteroatoms. The number of furan rings is 1. The van der Waals surface area contributed by atoms with Crippen molar-refractivity contribution in [2.75, 3.05) is 11.5 Å². The average molecular weight is 417 g/mol. The predicted octanol–water partition coefficient (Wildman–Crippen LogP) is 5.00. The van der Waals surface area contributed by atoms with Gasteiger partial charge in [0.05, 0.1) is 18.4 Å². The molecule has 2 aromatic carbocycles. The minimum atomic E-state index is -0.877. The summed E-state index contributed by atoms with van der Waals surface area (Å²) >= 11 is 0. The lowest BCUT2D eigenvalue weighted by molar-refractivity contribution is -0.132. The van der Waals surface area contributed by atoms with Crippen LogP contribution in [0.25, 0.3) is 5.76 Å². The maximum Gasteiger partial charge on any atom is 0.300 e. The first kappa shape index (κ1) is 20.5. The van der Waals surface area contributed by atoms with Crippen molar-refractivity contribution in [1.29, 1.82) is 0 Å². The van der Waals surface area contributed by atoms with Crippen LogP contribution in [0.5, 0.6) is 5.75 Å². The summed E-state index contributed by atoms with van der Waals surface area (Å²) in [6.45, 7) is 4.48. The largest absolute Gasteiger partial charge is 0.507 e. The molecule has 2 heterocycles. The Bertz CT molecular complexity index is 1130. The number of hydrogen-bond acceptors (Lipinski definition) is 5. The fourth-order valence-corrected chi connectivity index (χ4v) is 3.63. The zero-order chi connectivity index (χ0) is 22.0. The molecule has 0 radical (unpaired) electrons. The van der Waals surface area contributed by atoms with E-state index < -0.39 is 17.7 Å². The topological polar surface area (TPSA) is 80.0 Å². The van der Waals surface area contributed by atoms with Crippen LogP contribution in [0.15, 0.2) is 76.9 Å². The van der Waals surface area contributed by atoms with Gasteiger partial charge in [-0.05, 0) is 49.7 Å². The summed E-state index contributed by atoms with van der Waals surface area (Å²) in [5, 5.41) is 11.1. The van der Waals surface area contributed by atoms with E-state index in [9.17, 15) is 14.7 Å². The van der Waals surface area contributed by atoms with Gasteiger partial charge < -0.3 is 14.3 Å². The standard InChI is InChI=1S/C25H23NO5/c1-3-13-30-19-7-4-6-17(15-19)23(27)21-22(20-8-5-14-31-20)26(25(29)24(21)28)18-11-9-16(2)10-12-18/h4-12,14-15,22,27H,3,13H2,1-2H3/b23-21-. The van der Waals surface area contributed by atoms with Gasteiger partial charge in [-0.15, -0.1) is 0 Å². The smallest absolute Gasteiger partial charge is 0.300 e. The number of nitrogens with zero attached hydrogens (tertiary/aromatic N) is 1. The van der Waals surface area contributed by atoms with Gasteiger partial charge in [-0.2, -0.15) is 0 Å². The number of carbonyl (C=O) groups is 2. The quantitative estimate of drug-likeness (QED) is 0.347. The number of Topliss-reactive ketones (excluding diaryl/α,β-unsaturated/α-hetero) is 1. The second-order valence-electron chi connectivity index (χ2n) is 7.40. The van der Waals surface area contributed by atoms with Crippen molar-refractivity contribution in [1.82, 2.24) is 0 Å². The van der Waals surface area contributed by atoms with Gasteiger partial charge in [-0.3, -0.25) is 14.5 Å². The van der Waals surface area contributed by atoms with Crippen LogP contribution in [0.3, 0.4) is 0 Å². The Kier molecular flexibility index (Phi) is 5.62. The van der Waals surface area contributed by atoms with Crippen LogP contribution in [0, 0.1) is 6.92 Å². The van der Waals surface area contributed by atoms with E-state index in [-0.39, 0.29) is 11.3 Å². The molecule has 1 fully saturated rings. The maximum atomic E-state index is 13.1. The van der Waals surface area contributed by atoms with Gasteiger partial charge in [0.25, 0.3) is 11.7 Å². The van der Waals surface area contributed by atoms with E-state index in [2.05, 4.69) is 0 Å². The van der Waals surface area contributed by atoms with Crippen molar-refractivity contribution in [3.05, 3.63) is 89.4 Å². The highest BCUT2D eigenvalue weighted by Crippen LogP contribution is 2.42. The molecule has 1 amide bonds. The van der Waals surface area contributed by atoms with Gasteiger partial charge in [0.2, 0.25) is 0 Å². The highest BCUT2D eigenvalue weighted by Gasteiger charge is 2.48. The summed E-state index contributed by atoms with van der Waals surface area (Å²) < 4.78 is 11.2. The second kappa shape index (κ2) is 8.52. The van der Waals surface area contributed by atoms with Crippen molar-refractivity contribution in [3.8, 4) is 5.75 Å². The first-order valence-corrected chi connectivity index (χ1v) is 10.2. The number of hydrogen-bond donors (Lipinski definition) is 1. The lowest BCUT2D eigenvalue weighted by atomic mass is 9.99. The van der Waals surface area contributed by atoms with Crippen molar-refractivity contribution in [3.63, 3.8) is 0 Å². The van der Waals surface area contributed by atoms with Crippen molar-refractivity contribution in [2.24, 2.45) is 0 Å². The van der Waals surface area contributed by atoms with Gasteiger partial charge in [-0.25, -0.2) is 0 Å². The molecule has 6 nitrogen and oxygen atoms in total. The third-order valence-electron chi connectivity index (χ3n) is 5.15. The number of aryl methyl sites for hydroxylation is 1. The molecule has 1 saturated heterocycles. The molecule has 4 rings (SSSR count). The molecule has 0 bridgehead atoms. The minimum Gasteiger partial charge on any atom is -0.507 e. The number of anilines is 1. The van der Waals surface area contributed by atoms with Gasteiger partial charge in [0.15, 0.2) is 0 Å². The van der Waals surface area contributed by atoms with E-state index in [0.29, 0.717) is 29.4 Å². The second-order valence-corrected chi connectivity index (χ2v) is 7.40. The lowest BCUT2D eigenvalue weighted by Gasteiger charge is -2.23. The first-order chi connectivity index (χ1) is 15.0. The number of ether oxygens (including phenoxy) is 1. The lowest BCUT2D eigenvalue weighted by Crippen LogP contribution is -2.29. The highest BCUT2D eigenvalue weighted by molar-refractivity contribution is 6.51. The van der Waals surface area contributed by atoms with Crippen LogP contribution in [0.4, 0.5) is 5.69 Å². The number of aliphatic hydroxyl groups is 1. The third-order valence-corrected chi connectivity index (χ3v) is 5.15. The van der Waals surface area contributed by atoms with E-state index >= 15 is 0 Å². The molecule has 1 unspecified atom stereocenters. The molecule has 1 N–H and O–H groups in total. The summed E-state index contributed by atoms with van der Waals surface area (Å²) in [7, 11) is 0. The first-order valence-electron chi connectivity index (χ1n) is 10.2. The minimum absolute atomic E-state index is 0.0202. The Morgan fingerprint density at radius 3 is 2.55 bits per heavy atom. The van der Waals surface area contributed by atoms with Gasteiger partial charge in [0.1, 0.15) is 23.3 Å². The number of benzene rings is 2. The number of carbonyl (C=O) groups excluding carboxylic acids is 2. The van der Waals surface area contributed by atoms with Crippen molar-refractivity contribution < 1.29 is 23.8 Å². The number of amides is 1. The number of ketones is 1. The summed E-state index contributed by atoms with van der Waals surface area (Å²) in [6.07, 6.45) is 2.32. The molecule has 1 aromatic heterocycles. The molecule has 158 valence electrons. The monoisotopic (exact) mass is 417 g/mol. The van der Waals surface area contributed by atoms with Crippen LogP contribution in [0.1, 0.15) is 36.3 Å². The van der Waals surface area contributed by atoms with Crippen LogP contribution >= 0.6 is 0 Å². The number of rotatable bonds is 6. The molecule has 31 heavy (non-hydrogen) atoms. The van der Waals surface area contributed by atoms with Crippen LogP contribution in [-0.4, -0.2) is 23.4 Å². The highest BCUT2D eigenvalue weighted by atomic mass is 16.5. The SMILES string of the molecule is CCCOc1cccc(/C(O)=C2/C(=O)C(=O)N(c3ccc(C)cc3)C2c2ccco2)c1. The fraction of sp³-hybridized carbons (Fsp3) is 0.200. The molecule has 1 aliphatic heterocycles. The molecule has 0 saturated carbocycles. The molecule has 0 spiro atoms. The van der Waals surface area contributed by atoms with E-state index in [4.69, 9.17) is 9.15 Å². The zero-order valence-corrected chi connectivity index (χ0v) is 17.4. The fourth-order valence-electron chi connectivity index (χ4n) is 3.63. The molecule has 3 aromatic rings. The van der Waals surface area contributed by atoms with Crippen molar-refractivity contribution >= 4 is 23.1 Å². The van der Waals surface area contributed by atoms with Crippen LogP contribution < -0.4 is 9.64 Å². The summed E-state index contributed by atoms with van der Waals surface area (Å²) in [4.78, 5) is 27.4. The van der Waals surface area contributed by atoms with E-state index in [0.717, 1.165) is 12.0 Å². The van der Waals surface area contributed by atoms with Gasteiger partial charge in [-0.1, -0.05) is 36.8 Å². The molecule has 0 aliphatic carbocycles. The summed E-state index contributed by atoms with van der Waals surface area (Å²) in [6, 6.07) is 16.6. The third kappa shape index (κ3) is 3.84. The Labute approximate surface area is 180 Å². The van der Waals surface area contributed by atoms with Gasteiger partial charge >= 0.3 is 0 Å². The van der Waals surface area contributed by atoms with E-state index in [1.54, 1.807) is 48.5 Å². The maximum absolute atomic E-state index is 13.1. The molecular formula is C25H23NO5. The Morgan fingerprint density at radius 1 is 1.10 bits per heavy atom. The predicted molar refractivity (Wildman–Crippen MR) is 117 cm³/mol. The molecular weight excluding hydrogens is 394 g/mol. The Balaban J connectivity index is 1.84. The zero-order valence-electron chi connectivity index (χ0n) is 17.4. The van der Waals surface area contributed by atoms with E-state index in [1.807, 2.05) is 26.0 Å². The summed E-state index contributed by atoms with van der Waals surface area (Å²) in [5.74, 6) is -0.784. The number of aliphatic hydroxyl groups excluding tert-OH is 1. The molecule has 1 atom stereocenters. The van der Waals surface area contributed by atoms with Crippen LogP contribution in [-0.2, 0) is 9.59 Å². The van der Waals surface area contributed by atoms with Gasteiger partial charge in [0, 0.05) is 11.3 Å². The van der Waals surface area contributed by atoms with Crippen LogP contribution in [0.2, 0.25) is 0 Å². The van der Waals surface area contributed by atoms with E-state index in [1.165, 1.54) is 11.2 Å².